The number of halogens is 1. The Morgan fingerprint density at radius 2 is 2.20 bits per heavy atom. The summed E-state index contributed by atoms with van der Waals surface area (Å²) >= 11 is 6.14. The Labute approximate surface area is 93.9 Å². The first kappa shape index (κ1) is 10.5. The number of carboxylic acids is 1. The number of carbonyl (C=O) groups is 1. The van der Waals surface area contributed by atoms with Gasteiger partial charge in [-0.25, -0.2) is 0 Å². The molecule has 0 saturated heterocycles. The number of aryl methyl sites for hydroxylation is 2. The predicted octanol–water partition coefficient (Wildman–Crippen LogP) is 2.85. The van der Waals surface area contributed by atoms with Gasteiger partial charge in [0, 0.05) is 11.4 Å². The van der Waals surface area contributed by atoms with E-state index in [9.17, 15) is 4.79 Å². The average molecular weight is 225 g/mol. The van der Waals surface area contributed by atoms with E-state index in [0.717, 1.165) is 29.8 Å². The molecule has 1 aliphatic carbocycles. The topological polar surface area (TPSA) is 37.3 Å². The van der Waals surface area contributed by atoms with Crippen LogP contribution in [-0.4, -0.2) is 11.1 Å². The molecule has 0 spiro atoms. The van der Waals surface area contributed by atoms with Crippen molar-refractivity contribution in [3.05, 3.63) is 33.8 Å². The van der Waals surface area contributed by atoms with Crippen molar-refractivity contribution in [1.82, 2.24) is 0 Å². The van der Waals surface area contributed by atoms with Crippen LogP contribution in [-0.2, 0) is 24.1 Å². The van der Waals surface area contributed by atoms with E-state index in [1.54, 1.807) is 0 Å². The first-order valence-electron chi connectivity index (χ1n) is 5.19. The molecule has 0 heterocycles. The summed E-state index contributed by atoms with van der Waals surface area (Å²) in [5, 5.41) is 9.42. The summed E-state index contributed by atoms with van der Waals surface area (Å²) in [5.41, 5.74) is 3.61. The average Bonchev–Trinajstić information content (AvgIpc) is 2.63. The highest BCUT2D eigenvalue weighted by atomic mass is 35.5. The van der Waals surface area contributed by atoms with E-state index in [1.807, 2.05) is 6.07 Å². The van der Waals surface area contributed by atoms with Crippen molar-refractivity contribution < 1.29 is 9.90 Å². The van der Waals surface area contributed by atoms with Crippen LogP contribution >= 0.6 is 11.6 Å². The second kappa shape index (κ2) is 4.23. The van der Waals surface area contributed by atoms with Gasteiger partial charge in [0.1, 0.15) is 0 Å². The lowest BCUT2D eigenvalue weighted by molar-refractivity contribution is -0.136. The minimum Gasteiger partial charge on any atom is -0.481 e. The predicted molar refractivity (Wildman–Crippen MR) is 59.4 cm³/mol. The Morgan fingerprint density at radius 1 is 1.40 bits per heavy atom. The smallest absolute Gasteiger partial charge is 0.303 e. The van der Waals surface area contributed by atoms with Gasteiger partial charge in [0.2, 0.25) is 0 Å². The molecule has 0 fully saturated rings. The maximum absolute atomic E-state index is 10.5. The van der Waals surface area contributed by atoms with Gasteiger partial charge in [-0.15, -0.1) is 0 Å². The van der Waals surface area contributed by atoms with Crippen molar-refractivity contribution in [2.75, 3.05) is 0 Å². The first-order chi connectivity index (χ1) is 7.16. The molecule has 0 atom stereocenters. The van der Waals surface area contributed by atoms with Crippen molar-refractivity contribution >= 4 is 17.6 Å². The molecule has 3 heteroatoms. The Morgan fingerprint density at radius 3 is 2.93 bits per heavy atom. The Hall–Kier alpha value is -1.02. The zero-order valence-electron chi connectivity index (χ0n) is 8.42. The molecule has 2 rings (SSSR count). The molecule has 0 amide bonds. The number of carboxylic acid groups (broad SMARTS) is 1. The molecular weight excluding hydrogens is 212 g/mol. The molecule has 2 nitrogen and oxygen atoms in total. The highest BCUT2D eigenvalue weighted by molar-refractivity contribution is 6.31. The summed E-state index contributed by atoms with van der Waals surface area (Å²) in [7, 11) is 0. The summed E-state index contributed by atoms with van der Waals surface area (Å²) in [6.45, 7) is 0. The van der Waals surface area contributed by atoms with E-state index in [1.165, 1.54) is 11.1 Å². The summed E-state index contributed by atoms with van der Waals surface area (Å²) in [5.74, 6) is -0.758. The van der Waals surface area contributed by atoms with Gasteiger partial charge >= 0.3 is 5.97 Å². The molecule has 1 aliphatic rings. The number of aliphatic carboxylic acids is 1. The Bertz CT molecular complexity index is 399. The molecule has 0 bridgehead atoms. The monoisotopic (exact) mass is 224 g/mol. The van der Waals surface area contributed by atoms with E-state index in [4.69, 9.17) is 16.7 Å². The van der Waals surface area contributed by atoms with Crippen molar-refractivity contribution in [1.29, 1.82) is 0 Å². The Kier molecular flexibility index (Phi) is 2.96. The Balaban J connectivity index is 2.20. The maximum Gasteiger partial charge on any atom is 0.303 e. The molecule has 1 aromatic rings. The molecule has 0 saturated carbocycles. The van der Waals surface area contributed by atoms with Crippen molar-refractivity contribution in [2.24, 2.45) is 0 Å². The summed E-state index contributed by atoms with van der Waals surface area (Å²) in [4.78, 5) is 10.5. The summed E-state index contributed by atoms with van der Waals surface area (Å²) in [6.07, 6.45) is 4.05. The van der Waals surface area contributed by atoms with Crippen LogP contribution in [0.15, 0.2) is 12.1 Å². The fourth-order valence-corrected chi connectivity index (χ4v) is 2.47. The van der Waals surface area contributed by atoms with Crippen LogP contribution in [0.2, 0.25) is 5.02 Å². The molecule has 15 heavy (non-hydrogen) atoms. The zero-order chi connectivity index (χ0) is 10.8. The molecule has 0 unspecified atom stereocenters. The van der Waals surface area contributed by atoms with Crippen LogP contribution in [0.3, 0.4) is 0 Å². The lowest BCUT2D eigenvalue weighted by Gasteiger charge is -2.06. The number of benzene rings is 1. The summed E-state index contributed by atoms with van der Waals surface area (Å²) in [6, 6.07) is 4.02. The zero-order valence-corrected chi connectivity index (χ0v) is 9.18. The van der Waals surface area contributed by atoms with Gasteiger partial charge in [-0.3, -0.25) is 4.79 Å². The van der Waals surface area contributed by atoms with Crippen LogP contribution in [0.4, 0.5) is 0 Å². The van der Waals surface area contributed by atoms with E-state index < -0.39 is 5.97 Å². The van der Waals surface area contributed by atoms with Gasteiger partial charge in [0.05, 0.1) is 0 Å². The number of hydrogen-bond acceptors (Lipinski definition) is 1. The number of hydrogen-bond donors (Lipinski definition) is 1. The molecule has 0 aromatic heterocycles. The fraction of sp³-hybridized carbons (Fsp3) is 0.417. The van der Waals surface area contributed by atoms with Gasteiger partial charge < -0.3 is 5.11 Å². The second-order valence-electron chi connectivity index (χ2n) is 3.96. The normalized spacial score (nSPS) is 13.9. The van der Waals surface area contributed by atoms with Crippen LogP contribution in [0, 0.1) is 0 Å². The van der Waals surface area contributed by atoms with Gasteiger partial charge in [-0.05, 0) is 48.4 Å². The third-order valence-corrected chi connectivity index (χ3v) is 3.19. The van der Waals surface area contributed by atoms with E-state index in [0.29, 0.717) is 6.42 Å². The molecular formula is C12H13ClO2. The number of rotatable bonds is 3. The largest absolute Gasteiger partial charge is 0.481 e. The van der Waals surface area contributed by atoms with Crippen LogP contribution in [0.1, 0.15) is 29.5 Å². The van der Waals surface area contributed by atoms with E-state index in [2.05, 4.69) is 6.07 Å². The first-order valence-corrected chi connectivity index (χ1v) is 5.56. The van der Waals surface area contributed by atoms with Crippen LogP contribution in [0.25, 0.3) is 0 Å². The third kappa shape index (κ3) is 2.32. The highest BCUT2D eigenvalue weighted by Gasteiger charge is 2.15. The van der Waals surface area contributed by atoms with Crippen molar-refractivity contribution in [3.63, 3.8) is 0 Å². The van der Waals surface area contributed by atoms with E-state index >= 15 is 0 Å². The van der Waals surface area contributed by atoms with Crippen LogP contribution < -0.4 is 0 Å². The standard InChI is InChI=1S/C12H13ClO2/c13-11-7-8(4-5-12(14)15)6-9-2-1-3-10(9)11/h6-7H,1-5H2,(H,14,15). The molecule has 0 aliphatic heterocycles. The van der Waals surface area contributed by atoms with Crippen molar-refractivity contribution in [3.8, 4) is 0 Å². The summed E-state index contributed by atoms with van der Waals surface area (Å²) < 4.78 is 0. The van der Waals surface area contributed by atoms with Crippen LogP contribution in [0.5, 0.6) is 0 Å². The minimum atomic E-state index is -0.758. The van der Waals surface area contributed by atoms with E-state index in [-0.39, 0.29) is 6.42 Å². The molecule has 0 radical (unpaired) electrons. The fourth-order valence-electron chi connectivity index (χ4n) is 2.11. The lowest BCUT2D eigenvalue weighted by atomic mass is 10.0. The molecule has 1 aromatic carbocycles. The van der Waals surface area contributed by atoms with Gasteiger partial charge in [-0.1, -0.05) is 17.7 Å². The molecule has 1 N–H and O–H groups in total. The van der Waals surface area contributed by atoms with Gasteiger partial charge in [-0.2, -0.15) is 0 Å². The SMILES string of the molecule is O=C(O)CCc1cc(Cl)c2c(c1)CCC2. The van der Waals surface area contributed by atoms with Gasteiger partial charge in [0.15, 0.2) is 0 Å². The lowest BCUT2D eigenvalue weighted by Crippen LogP contribution is -1.98. The van der Waals surface area contributed by atoms with Gasteiger partial charge in [0.25, 0.3) is 0 Å². The highest BCUT2D eigenvalue weighted by Crippen LogP contribution is 2.30. The quantitative estimate of drug-likeness (QED) is 0.857. The third-order valence-electron chi connectivity index (χ3n) is 2.85. The maximum atomic E-state index is 10.5. The minimum absolute atomic E-state index is 0.176. The number of fused-ring (bicyclic) bond motifs is 1. The molecule has 80 valence electrons. The second-order valence-corrected chi connectivity index (χ2v) is 4.37. The van der Waals surface area contributed by atoms with Crippen molar-refractivity contribution in [2.45, 2.75) is 32.1 Å².